The molecule has 0 aliphatic carbocycles. The molecular weight excluding hydrogens is 523 g/mol. The van der Waals surface area contributed by atoms with E-state index in [4.69, 9.17) is 0 Å². The van der Waals surface area contributed by atoms with Gasteiger partial charge in [0.15, 0.2) is 0 Å². The first-order valence-electron chi connectivity index (χ1n) is 5.38. The summed E-state index contributed by atoms with van der Waals surface area (Å²) in [5.41, 5.74) is -0.650. The number of hydrogen-bond acceptors (Lipinski definition) is 3. The molecule has 0 amide bonds. The molecule has 137 valence electrons. The summed E-state index contributed by atoms with van der Waals surface area (Å²) >= 11 is 4.43. The zero-order chi connectivity index (χ0) is 19.1. The molecule has 0 fully saturated rings. The lowest BCUT2D eigenvalue weighted by atomic mass is 10.3. The minimum Gasteiger partial charge on any atom is -0.281 e. The topological polar surface area (TPSA) is 46.2 Å². The predicted octanol–water partition coefficient (Wildman–Crippen LogP) is 5.27. The Hall–Kier alpha value is -0.210. The molecule has 0 atom stereocenters. The lowest BCUT2D eigenvalue weighted by Crippen LogP contribution is -2.49. The van der Waals surface area contributed by atoms with E-state index in [0.717, 1.165) is 6.07 Å². The van der Waals surface area contributed by atoms with E-state index in [1.54, 1.807) is 4.72 Å². The average molecular weight is 528 g/mol. The average Bonchev–Trinajstić information content (AvgIpc) is 2.30. The molecule has 14 heteroatoms. The largest absolute Gasteiger partial charge is 0.460 e. The molecule has 0 bridgehead atoms. The Morgan fingerprint density at radius 1 is 1.12 bits per heavy atom. The molecule has 1 radical (unpaired) electrons. The number of hydrogen-bond donors (Lipinski definition) is 1. The molecule has 24 heavy (non-hydrogen) atoms. The second-order valence-electron chi connectivity index (χ2n) is 4.24. The Kier molecular flexibility index (Phi) is 6.22. The van der Waals surface area contributed by atoms with Gasteiger partial charge in [0.25, 0.3) is 0 Å². The number of halogens is 9. The van der Waals surface area contributed by atoms with Gasteiger partial charge in [-0.3, -0.25) is 4.72 Å². The van der Waals surface area contributed by atoms with Crippen molar-refractivity contribution in [3.8, 4) is 0 Å². The quantitative estimate of drug-likeness (QED) is 0.419. The fourth-order valence-corrected chi connectivity index (χ4v) is 4.46. The van der Waals surface area contributed by atoms with Crippen LogP contribution in [0.5, 0.6) is 0 Å². The second kappa shape index (κ2) is 6.83. The summed E-state index contributed by atoms with van der Waals surface area (Å²) in [5, 5.41) is -5.60. The molecule has 0 aromatic heterocycles. The summed E-state index contributed by atoms with van der Waals surface area (Å²) < 4.78 is 113. The van der Waals surface area contributed by atoms with Crippen molar-refractivity contribution < 1.29 is 39.2 Å². The van der Waals surface area contributed by atoms with Gasteiger partial charge >= 0.3 is 17.4 Å². The predicted molar refractivity (Wildman–Crippen MR) is 81.0 cm³/mol. The lowest BCUT2D eigenvalue weighted by Gasteiger charge is -2.28. The van der Waals surface area contributed by atoms with Gasteiger partial charge in [-0.2, -0.15) is 30.7 Å². The first kappa shape index (κ1) is 21.8. The summed E-state index contributed by atoms with van der Waals surface area (Å²) in [6.07, 6.45) is -5.86. The number of nitrogens with one attached hydrogen (secondary N) is 1. The molecule has 1 N–H and O–H groups in total. The minimum atomic E-state index is -6.50. The Morgan fingerprint density at radius 2 is 1.62 bits per heavy atom. The monoisotopic (exact) mass is 526 g/mol. The lowest BCUT2D eigenvalue weighted by molar-refractivity contribution is -0.330. The Labute approximate surface area is 152 Å². The van der Waals surface area contributed by atoms with Crippen molar-refractivity contribution in [2.75, 3.05) is 11.0 Å². The fraction of sp³-hybridized carbons (Fsp3) is 0.400. The maximum absolute atomic E-state index is 13.5. The number of alkyl halides is 7. The molecule has 0 unspecified atom stereocenters. The van der Waals surface area contributed by atoms with Gasteiger partial charge in [-0.1, -0.05) is 15.9 Å². The Balaban J connectivity index is 3.42. The van der Waals surface area contributed by atoms with Crippen molar-refractivity contribution >= 4 is 59.3 Å². The van der Waals surface area contributed by atoms with Crippen LogP contribution in [0.25, 0.3) is 0 Å². The third-order valence-corrected chi connectivity index (χ3v) is 4.85. The van der Waals surface area contributed by atoms with Crippen LogP contribution in [0.2, 0.25) is 0 Å². The zero-order valence-corrected chi connectivity index (χ0v) is 15.9. The standard InChI is InChI=1S/C10H5Br2F7NO2S2/c1-24(21,22)20-7-5(12)2-4(11)3-6(7)23-10(18,19)8(13,14)9(15,16)17/h3,20H,1H3. The number of sulfonamides is 1. The van der Waals surface area contributed by atoms with Crippen LogP contribution in [0.4, 0.5) is 36.4 Å². The van der Waals surface area contributed by atoms with Crippen LogP contribution < -0.4 is 4.72 Å². The van der Waals surface area contributed by atoms with Crippen molar-refractivity contribution in [1.29, 1.82) is 0 Å². The van der Waals surface area contributed by atoms with E-state index in [1.807, 2.05) is 0 Å². The highest BCUT2D eigenvalue weighted by molar-refractivity contribution is 9.11. The highest BCUT2D eigenvalue weighted by Crippen LogP contribution is 2.55. The maximum atomic E-state index is 13.5. The third kappa shape index (κ3) is 4.91. The molecule has 0 heterocycles. The number of rotatable bonds is 5. The Morgan fingerprint density at radius 3 is 2.04 bits per heavy atom. The van der Waals surface area contributed by atoms with Gasteiger partial charge in [-0.25, -0.2) is 8.42 Å². The summed E-state index contributed by atoms with van der Waals surface area (Å²) in [6.45, 7) is 0. The molecule has 1 aromatic carbocycles. The van der Waals surface area contributed by atoms with E-state index < -0.39 is 49.7 Å². The van der Waals surface area contributed by atoms with E-state index in [2.05, 4.69) is 37.9 Å². The molecule has 3 nitrogen and oxygen atoms in total. The molecule has 0 saturated heterocycles. The van der Waals surface area contributed by atoms with Crippen molar-refractivity contribution in [1.82, 2.24) is 0 Å². The molecule has 0 spiro atoms. The van der Waals surface area contributed by atoms with Crippen LogP contribution >= 0.6 is 43.6 Å². The van der Waals surface area contributed by atoms with Crippen molar-refractivity contribution in [2.45, 2.75) is 22.2 Å². The molecule has 1 aromatic rings. The highest BCUT2D eigenvalue weighted by Gasteiger charge is 2.73. The number of thioether (sulfide) groups is 1. The Bertz CT molecular complexity index is 737. The van der Waals surface area contributed by atoms with Crippen LogP contribution in [0.1, 0.15) is 0 Å². The normalized spacial score (nSPS) is 13.9. The first-order valence-corrected chi connectivity index (χ1v) is 9.68. The fourth-order valence-electron chi connectivity index (χ4n) is 1.23. The van der Waals surface area contributed by atoms with Gasteiger partial charge in [-0.15, -0.1) is 0 Å². The van der Waals surface area contributed by atoms with Crippen molar-refractivity contribution in [3.05, 3.63) is 21.1 Å². The van der Waals surface area contributed by atoms with E-state index in [0.29, 0.717) is 6.26 Å². The minimum absolute atomic E-state index is 0.0814. The number of benzene rings is 1. The summed E-state index contributed by atoms with van der Waals surface area (Å²) in [6, 6.07) is 3.12. The van der Waals surface area contributed by atoms with Crippen molar-refractivity contribution in [2.24, 2.45) is 0 Å². The smallest absolute Gasteiger partial charge is 0.281 e. The van der Waals surface area contributed by atoms with Gasteiger partial charge in [0.2, 0.25) is 10.0 Å². The van der Waals surface area contributed by atoms with Gasteiger partial charge in [0.1, 0.15) is 0 Å². The SMILES string of the molecule is CS(=O)(=O)Nc1c(Br)[c]c(Br)cc1SC(F)(F)C(F)(F)C(F)(F)F. The maximum Gasteiger partial charge on any atom is 0.460 e. The summed E-state index contributed by atoms with van der Waals surface area (Å²) in [5.74, 6) is -6.34. The van der Waals surface area contributed by atoms with E-state index in [1.165, 1.54) is 0 Å². The van der Waals surface area contributed by atoms with Crippen molar-refractivity contribution in [3.63, 3.8) is 0 Å². The third-order valence-electron chi connectivity index (χ3n) is 2.20. The van der Waals surface area contributed by atoms with Gasteiger partial charge in [0.05, 0.1) is 16.4 Å². The van der Waals surface area contributed by atoms with E-state index >= 15 is 0 Å². The zero-order valence-electron chi connectivity index (χ0n) is 11.1. The van der Waals surface area contributed by atoms with Crippen LogP contribution in [0.15, 0.2) is 19.9 Å². The van der Waals surface area contributed by atoms with Gasteiger partial charge < -0.3 is 0 Å². The molecule has 1 rings (SSSR count). The summed E-state index contributed by atoms with van der Waals surface area (Å²) in [7, 11) is -4.04. The molecule has 0 aliphatic rings. The molecule has 0 saturated carbocycles. The highest BCUT2D eigenvalue weighted by atomic mass is 79.9. The summed E-state index contributed by atoms with van der Waals surface area (Å²) in [4.78, 5) is -0.869. The van der Waals surface area contributed by atoms with Gasteiger partial charge in [-0.05, 0) is 33.8 Å². The molecular formula is C10H5Br2F7NO2S2. The van der Waals surface area contributed by atoms with Gasteiger partial charge in [0, 0.05) is 15.4 Å². The number of anilines is 1. The van der Waals surface area contributed by atoms with Crippen LogP contribution in [-0.4, -0.2) is 32.0 Å². The van der Waals surface area contributed by atoms with Crippen LogP contribution in [0.3, 0.4) is 0 Å². The first-order chi connectivity index (χ1) is 10.5. The second-order valence-corrected chi connectivity index (χ2v) is 8.79. The van der Waals surface area contributed by atoms with E-state index in [9.17, 15) is 39.2 Å². The van der Waals surface area contributed by atoms with Crippen LogP contribution in [0, 0.1) is 6.07 Å². The van der Waals surface area contributed by atoms with E-state index in [-0.39, 0.29) is 8.95 Å². The van der Waals surface area contributed by atoms with Crippen LogP contribution in [-0.2, 0) is 10.0 Å². The molecule has 0 aliphatic heterocycles.